The second-order valence-corrected chi connectivity index (χ2v) is 9.65. The highest BCUT2D eigenvalue weighted by atomic mass is 16.5. The predicted molar refractivity (Wildman–Crippen MR) is 107 cm³/mol. The third kappa shape index (κ3) is 3.15. The molecule has 0 N–H and O–H groups in total. The summed E-state index contributed by atoms with van der Waals surface area (Å²) in [5.41, 5.74) is 0.756. The number of amides is 1. The molecule has 5 fully saturated rings. The highest BCUT2D eigenvalue weighted by Crippen LogP contribution is 2.57. The van der Waals surface area contributed by atoms with E-state index in [-0.39, 0.29) is 17.6 Å². The van der Waals surface area contributed by atoms with E-state index in [9.17, 15) is 9.59 Å². The SMILES string of the molecule is COc1ccc(C(=O)C2CCN(C(=O)C3C4CC5CC(C4)CC3C5)CC2)cc1. The van der Waals surface area contributed by atoms with Crippen molar-refractivity contribution >= 4 is 11.7 Å². The van der Waals surface area contributed by atoms with E-state index in [4.69, 9.17) is 4.74 Å². The molecule has 0 atom stereocenters. The number of carbonyl (C=O) groups is 2. The Bertz CT molecular complexity index is 720. The van der Waals surface area contributed by atoms with Crippen LogP contribution >= 0.6 is 0 Å². The zero-order chi connectivity index (χ0) is 19.3. The number of hydrogen-bond donors (Lipinski definition) is 0. The average molecular weight is 382 g/mol. The molecule has 0 spiro atoms. The average Bonchev–Trinajstić information content (AvgIpc) is 2.72. The molecule has 1 heterocycles. The summed E-state index contributed by atoms with van der Waals surface area (Å²) in [5.74, 6) is 4.79. The standard InChI is InChI=1S/C24H31NO3/c1-28-21-4-2-17(3-5-21)23(26)18-6-8-25(9-7-18)24(27)22-19-11-15-10-16(13-19)14-20(22)12-15/h2-5,15-16,18-20,22H,6-14H2,1H3. The molecule has 1 aliphatic heterocycles. The summed E-state index contributed by atoms with van der Waals surface area (Å²) in [5, 5.41) is 0. The molecule has 4 bridgehead atoms. The van der Waals surface area contributed by atoms with E-state index >= 15 is 0 Å². The van der Waals surface area contributed by atoms with Crippen molar-refractivity contribution in [3.05, 3.63) is 29.8 Å². The van der Waals surface area contributed by atoms with Crippen molar-refractivity contribution < 1.29 is 14.3 Å². The number of carbonyl (C=O) groups excluding carboxylic acids is 2. The minimum atomic E-state index is 0.0379. The Kier molecular flexibility index (Phi) is 4.68. The number of Topliss-reactive ketones (excluding diaryl/α,β-unsaturated/α-hetero) is 1. The number of methoxy groups -OCH3 is 1. The summed E-state index contributed by atoms with van der Waals surface area (Å²) < 4.78 is 5.18. The molecule has 4 nitrogen and oxygen atoms in total. The Labute approximate surface area is 167 Å². The van der Waals surface area contributed by atoms with Crippen LogP contribution in [0.2, 0.25) is 0 Å². The fourth-order valence-electron chi connectivity index (χ4n) is 6.89. The van der Waals surface area contributed by atoms with Crippen molar-refractivity contribution in [2.24, 2.45) is 35.5 Å². The first kappa shape index (κ1) is 18.2. The van der Waals surface area contributed by atoms with Crippen molar-refractivity contribution in [2.75, 3.05) is 20.2 Å². The smallest absolute Gasteiger partial charge is 0.226 e. The van der Waals surface area contributed by atoms with Gasteiger partial charge in [-0.05, 0) is 92.9 Å². The zero-order valence-corrected chi connectivity index (χ0v) is 16.8. The molecule has 4 heteroatoms. The van der Waals surface area contributed by atoms with Gasteiger partial charge >= 0.3 is 0 Å². The van der Waals surface area contributed by atoms with E-state index in [1.54, 1.807) is 7.11 Å². The molecule has 4 saturated carbocycles. The van der Waals surface area contributed by atoms with Crippen molar-refractivity contribution in [2.45, 2.75) is 44.9 Å². The number of piperidine rings is 1. The Morgan fingerprint density at radius 2 is 1.46 bits per heavy atom. The van der Waals surface area contributed by atoms with Gasteiger partial charge in [0.2, 0.25) is 5.91 Å². The van der Waals surface area contributed by atoms with Gasteiger partial charge < -0.3 is 9.64 Å². The van der Waals surface area contributed by atoms with Gasteiger partial charge in [-0.2, -0.15) is 0 Å². The van der Waals surface area contributed by atoms with Crippen LogP contribution in [0.15, 0.2) is 24.3 Å². The molecule has 150 valence electrons. The van der Waals surface area contributed by atoms with Gasteiger partial charge in [-0.1, -0.05) is 0 Å². The van der Waals surface area contributed by atoms with Gasteiger partial charge in [-0.15, -0.1) is 0 Å². The maximum absolute atomic E-state index is 13.3. The Hall–Kier alpha value is -1.84. The number of likely N-dealkylation sites (tertiary alicyclic amines) is 1. The summed E-state index contributed by atoms with van der Waals surface area (Å²) in [4.78, 5) is 28.3. The first-order valence-corrected chi connectivity index (χ1v) is 11.1. The van der Waals surface area contributed by atoms with Crippen molar-refractivity contribution in [1.29, 1.82) is 0 Å². The van der Waals surface area contributed by atoms with Gasteiger partial charge in [0.05, 0.1) is 7.11 Å². The maximum Gasteiger partial charge on any atom is 0.226 e. The molecule has 1 amide bonds. The largest absolute Gasteiger partial charge is 0.497 e. The number of nitrogens with zero attached hydrogens (tertiary/aromatic N) is 1. The summed E-state index contributed by atoms with van der Waals surface area (Å²) in [6, 6.07) is 7.40. The molecule has 4 aliphatic carbocycles. The highest BCUT2D eigenvalue weighted by molar-refractivity contribution is 5.98. The number of hydrogen-bond acceptors (Lipinski definition) is 3. The maximum atomic E-state index is 13.3. The van der Waals surface area contributed by atoms with Gasteiger partial charge in [0.25, 0.3) is 0 Å². The Balaban J connectivity index is 1.20. The predicted octanol–water partition coefficient (Wildman–Crippen LogP) is 4.19. The summed E-state index contributed by atoms with van der Waals surface area (Å²) in [6.45, 7) is 1.49. The first-order valence-electron chi connectivity index (χ1n) is 11.1. The van der Waals surface area contributed by atoms with E-state index in [0.717, 1.165) is 49.1 Å². The highest BCUT2D eigenvalue weighted by Gasteiger charge is 2.51. The van der Waals surface area contributed by atoms with Crippen LogP contribution < -0.4 is 4.74 Å². The molecule has 1 aromatic rings. The van der Waals surface area contributed by atoms with E-state index in [1.165, 1.54) is 32.1 Å². The zero-order valence-electron chi connectivity index (χ0n) is 16.8. The van der Waals surface area contributed by atoms with Crippen molar-refractivity contribution in [3.63, 3.8) is 0 Å². The van der Waals surface area contributed by atoms with Gasteiger partial charge in [0, 0.05) is 30.5 Å². The first-order chi connectivity index (χ1) is 13.6. The topological polar surface area (TPSA) is 46.6 Å². The van der Waals surface area contributed by atoms with Crippen LogP contribution in [0.5, 0.6) is 5.75 Å². The lowest BCUT2D eigenvalue weighted by Crippen LogP contribution is -2.53. The van der Waals surface area contributed by atoms with Gasteiger partial charge in [0.1, 0.15) is 5.75 Å². The van der Waals surface area contributed by atoms with Crippen LogP contribution in [0.3, 0.4) is 0 Å². The molecule has 1 saturated heterocycles. The molecule has 0 unspecified atom stereocenters. The Morgan fingerprint density at radius 3 is 2.00 bits per heavy atom. The fourth-order valence-corrected chi connectivity index (χ4v) is 6.89. The lowest BCUT2D eigenvalue weighted by Gasteiger charge is -2.54. The Morgan fingerprint density at radius 1 is 0.893 bits per heavy atom. The van der Waals surface area contributed by atoms with E-state index < -0.39 is 0 Å². The molecular formula is C24H31NO3. The minimum absolute atomic E-state index is 0.0379. The molecule has 5 aliphatic rings. The van der Waals surface area contributed by atoms with E-state index in [2.05, 4.69) is 4.90 Å². The third-order valence-corrected chi connectivity index (χ3v) is 8.06. The normalized spacial score (nSPS) is 34.5. The van der Waals surface area contributed by atoms with E-state index in [1.807, 2.05) is 24.3 Å². The number of rotatable bonds is 4. The fraction of sp³-hybridized carbons (Fsp3) is 0.667. The monoisotopic (exact) mass is 381 g/mol. The molecule has 1 aromatic carbocycles. The van der Waals surface area contributed by atoms with Crippen LogP contribution in [0.4, 0.5) is 0 Å². The summed E-state index contributed by atoms with van der Waals surface area (Å²) in [6.07, 6.45) is 8.16. The summed E-state index contributed by atoms with van der Waals surface area (Å²) >= 11 is 0. The minimum Gasteiger partial charge on any atom is -0.497 e. The molecule has 28 heavy (non-hydrogen) atoms. The van der Waals surface area contributed by atoms with Crippen molar-refractivity contribution in [3.8, 4) is 5.75 Å². The van der Waals surface area contributed by atoms with Crippen molar-refractivity contribution in [1.82, 2.24) is 4.90 Å². The number of ether oxygens (including phenoxy) is 1. The molecule has 6 rings (SSSR count). The molecule has 0 aromatic heterocycles. The van der Waals surface area contributed by atoms with Gasteiger partial charge in [-0.3, -0.25) is 9.59 Å². The lowest BCUT2D eigenvalue weighted by atomic mass is 9.51. The number of benzene rings is 1. The van der Waals surface area contributed by atoms with Crippen LogP contribution in [0, 0.1) is 35.5 Å². The second kappa shape index (κ2) is 7.20. The van der Waals surface area contributed by atoms with Gasteiger partial charge in [0.15, 0.2) is 5.78 Å². The van der Waals surface area contributed by atoms with Crippen LogP contribution in [-0.4, -0.2) is 36.8 Å². The van der Waals surface area contributed by atoms with E-state index in [0.29, 0.717) is 17.7 Å². The lowest BCUT2D eigenvalue weighted by molar-refractivity contribution is -0.150. The second-order valence-electron chi connectivity index (χ2n) is 9.65. The third-order valence-electron chi connectivity index (χ3n) is 8.06. The summed E-state index contributed by atoms with van der Waals surface area (Å²) in [7, 11) is 1.63. The van der Waals surface area contributed by atoms with Crippen LogP contribution in [0.1, 0.15) is 55.3 Å². The molecule has 0 radical (unpaired) electrons. The van der Waals surface area contributed by atoms with Crippen LogP contribution in [-0.2, 0) is 4.79 Å². The quantitative estimate of drug-likeness (QED) is 0.735. The number of ketones is 1. The molecular weight excluding hydrogens is 350 g/mol. The van der Waals surface area contributed by atoms with Gasteiger partial charge in [-0.25, -0.2) is 0 Å². The van der Waals surface area contributed by atoms with Crippen LogP contribution in [0.25, 0.3) is 0 Å².